The number of imidazole rings is 1. The maximum atomic E-state index is 6.03. The summed E-state index contributed by atoms with van der Waals surface area (Å²) in [6.45, 7) is 1.79. The summed E-state index contributed by atoms with van der Waals surface area (Å²) in [4.78, 5) is 10.2. The van der Waals surface area contributed by atoms with Crippen molar-refractivity contribution in [2.75, 3.05) is 6.54 Å². The van der Waals surface area contributed by atoms with Crippen LogP contribution in [-0.4, -0.2) is 31.6 Å². The van der Waals surface area contributed by atoms with E-state index in [-0.39, 0.29) is 6.04 Å². The Morgan fingerprint density at radius 3 is 2.86 bits per heavy atom. The lowest BCUT2D eigenvalue weighted by molar-refractivity contribution is 0.198. The van der Waals surface area contributed by atoms with Crippen molar-refractivity contribution in [1.29, 1.82) is 0 Å². The average molecular weight is 314 g/mol. The molecule has 2 aromatic heterocycles. The number of nitrogens with one attached hydrogen (secondary N) is 2. The first-order valence-corrected chi connectivity index (χ1v) is 7.69. The number of H-pyrrole nitrogens is 2. The van der Waals surface area contributed by atoms with Gasteiger partial charge in [0.05, 0.1) is 18.1 Å². The molecule has 1 atom stereocenters. The van der Waals surface area contributed by atoms with Gasteiger partial charge in [-0.2, -0.15) is 5.10 Å². The van der Waals surface area contributed by atoms with Crippen LogP contribution in [-0.2, 0) is 13.0 Å². The first-order chi connectivity index (χ1) is 10.8. The number of hydrogen-bond acceptors (Lipinski definition) is 3. The molecule has 0 bridgehead atoms. The van der Waals surface area contributed by atoms with Gasteiger partial charge in [-0.05, 0) is 23.8 Å². The number of nitrogens with zero attached hydrogens (tertiary/aromatic N) is 3. The summed E-state index contributed by atoms with van der Waals surface area (Å²) in [5.41, 5.74) is 4.64. The minimum Gasteiger partial charge on any atom is -0.348 e. The maximum absolute atomic E-state index is 6.03. The average Bonchev–Trinajstić information content (AvgIpc) is 3.19. The first kappa shape index (κ1) is 13.5. The summed E-state index contributed by atoms with van der Waals surface area (Å²) in [6, 6.07) is 10.2. The predicted molar refractivity (Wildman–Crippen MR) is 84.6 cm³/mol. The van der Waals surface area contributed by atoms with Crippen molar-refractivity contribution < 1.29 is 0 Å². The van der Waals surface area contributed by atoms with Crippen LogP contribution in [0.2, 0.25) is 5.02 Å². The van der Waals surface area contributed by atoms with Crippen LogP contribution in [0.25, 0.3) is 0 Å². The van der Waals surface area contributed by atoms with Gasteiger partial charge in [-0.3, -0.25) is 10.00 Å². The third kappa shape index (κ3) is 2.42. The summed E-state index contributed by atoms with van der Waals surface area (Å²) in [7, 11) is 0. The molecule has 0 spiro atoms. The first-order valence-electron chi connectivity index (χ1n) is 7.31. The smallest absolute Gasteiger partial charge is 0.0926 e. The van der Waals surface area contributed by atoms with Crippen LogP contribution in [0.15, 0.2) is 42.9 Å². The Bertz CT molecular complexity index is 747. The summed E-state index contributed by atoms with van der Waals surface area (Å²) in [6.07, 6.45) is 4.55. The third-order valence-corrected chi connectivity index (χ3v) is 4.39. The van der Waals surface area contributed by atoms with Gasteiger partial charge in [0.1, 0.15) is 0 Å². The van der Waals surface area contributed by atoms with E-state index in [1.807, 2.05) is 18.2 Å². The highest BCUT2D eigenvalue weighted by Crippen LogP contribution is 2.34. The van der Waals surface area contributed by atoms with Crippen molar-refractivity contribution >= 4 is 11.6 Å². The molecule has 4 rings (SSSR count). The zero-order chi connectivity index (χ0) is 14.9. The van der Waals surface area contributed by atoms with E-state index in [0.29, 0.717) is 0 Å². The fourth-order valence-corrected chi connectivity index (χ4v) is 3.23. The van der Waals surface area contributed by atoms with E-state index >= 15 is 0 Å². The maximum Gasteiger partial charge on any atom is 0.0926 e. The fraction of sp³-hybridized carbons (Fsp3) is 0.250. The zero-order valence-corrected chi connectivity index (χ0v) is 12.7. The molecule has 1 unspecified atom stereocenters. The molecule has 6 heteroatoms. The second-order valence-corrected chi connectivity index (χ2v) is 5.96. The molecule has 0 saturated heterocycles. The third-order valence-electron chi connectivity index (χ3n) is 4.14. The van der Waals surface area contributed by atoms with Crippen LogP contribution >= 0.6 is 11.6 Å². The monoisotopic (exact) mass is 313 g/mol. The lowest BCUT2D eigenvalue weighted by atomic mass is 9.95. The van der Waals surface area contributed by atoms with Crippen molar-refractivity contribution in [3.63, 3.8) is 0 Å². The Labute approximate surface area is 133 Å². The van der Waals surface area contributed by atoms with Crippen LogP contribution in [0.3, 0.4) is 0 Å². The van der Waals surface area contributed by atoms with E-state index in [2.05, 4.69) is 37.2 Å². The summed E-state index contributed by atoms with van der Waals surface area (Å²) in [5, 5.41) is 7.83. The van der Waals surface area contributed by atoms with Crippen LogP contribution in [0, 0.1) is 0 Å². The quantitative estimate of drug-likeness (QED) is 0.781. The summed E-state index contributed by atoms with van der Waals surface area (Å²) >= 11 is 6.03. The predicted octanol–water partition coefficient (Wildman–Crippen LogP) is 2.93. The van der Waals surface area contributed by atoms with E-state index in [0.717, 1.165) is 35.9 Å². The van der Waals surface area contributed by atoms with Gasteiger partial charge < -0.3 is 4.98 Å². The second-order valence-electron chi connectivity index (χ2n) is 5.52. The van der Waals surface area contributed by atoms with Crippen LogP contribution in [0.4, 0.5) is 0 Å². The number of halogens is 1. The molecule has 5 nitrogen and oxygen atoms in total. The van der Waals surface area contributed by atoms with E-state index < -0.39 is 0 Å². The highest BCUT2D eigenvalue weighted by atomic mass is 35.5. The largest absolute Gasteiger partial charge is 0.348 e. The summed E-state index contributed by atoms with van der Waals surface area (Å²) < 4.78 is 0. The van der Waals surface area contributed by atoms with Gasteiger partial charge in [0.25, 0.3) is 0 Å². The van der Waals surface area contributed by atoms with Crippen LogP contribution in [0.1, 0.15) is 28.7 Å². The van der Waals surface area contributed by atoms with E-state index in [1.165, 1.54) is 11.3 Å². The van der Waals surface area contributed by atoms with Crippen LogP contribution < -0.4 is 0 Å². The second kappa shape index (κ2) is 5.59. The Hall–Kier alpha value is -2.11. The molecule has 0 radical (unpaired) electrons. The number of benzene rings is 1. The van der Waals surface area contributed by atoms with Gasteiger partial charge in [0.15, 0.2) is 0 Å². The van der Waals surface area contributed by atoms with Gasteiger partial charge in [-0.25, -0.2) is 4.98 Å². The molecule has 1 aliphatic rings. The molecular weight excluding hydrogens is 298 g/mol. The van der Waals surface area contributed by atoms with Crippen LogP contribution in [0.5, 0.6) is 0 Å². The lowest BCUT2D eigenvalue weighted by Gasteiger charge is -2.34. The van der Waals surface area contributed by atoms with Crippen molar-refractivity contribution in [1.82, 2.24) is 25.1 Å². The minimum absolute atomic E-state index is 0.135. The number of aromatic amines is 2. The standard InChI is InChI=1S/C16H16ClN5/c17-12-3-1-11(2-4-12)16-15-14(18-10-19-15)6-8-22(16)9-13-5-7-20-21-13/h1-5,7,10,16H,6,8-9H2,(H,18,19)(H,20,21). The number of hydrogen-bond donors (Lipinski definition) is 2. The molecule has 2 N–H and O–H groups in total. The van der Waals surface area contributed by atoms with Crippen molar-refractivity contribution in [2.45, 2.75) is 19.0 Å². The Kier molecular flexibility index (Phi) is 3.44. The molecule has 3 aromatic rings. The fourth-order valence-electron chi connectivity index (χ4n) is 3.10. The Morgan fingerprint density at radius 2 is 2.09 bits per heavy atom. The molecule has 112 valence electrons. The van der Waals surface area contributed by atoms with E-state index in [9.17, 15) is 0 Å². The minimum atomic E-state index is 0.135. The molecule has 1 aliphatic heterocycles. The normalized spacial score (nSPS) is 18.3. The van der Waals surface area contributed by atoms with Gasteiger partial charge in [0, 0.05) is 42.1 Å². The molecule has 0 saturated carbocycles. The summed E-state index contributed by atoms with van der Waals surface area (Å²) in [5.74, 6) is 0. The topological polar surface area (TPSA) is 60.6 Å². The van der Waals surface area contributed by atoms with Crippen molar-refractivity contribution in [2.24, 2.45) is 0 Å². The van der Waals surface area contributed by atoms with E-state index in [1.54, 1.807) is 12.5 Å². The van der Waals surface area contributed by atoms with Gasteiger partial charge in [-0.1, -0.05) is 23.7 Å². The molecule has 0 aliphatic carbocycles. The van der Waals surface area contributed by atoms with Crippen molar-refractivity contribution in [3.8, 4) is 0 Å². The Balaban J connectivity index is 1.72. The van der Waals surface area contributed by atoms with Gasteiger partial charge in [0.2, 0.25) is 0 Å². The van der Waals surface area contributed by atoms with E-state index in [4.69, 9.17) is 11.6 Å². The SMILES string of the molecule is Clc1ccc(C2c3nc[nH]c3CCN2Cc2ccn[nH]2)cc1. The Morgan fingerprint density at radius 1 is 1.23 bits per heavy atom. The molecule has 1 aromatic carbocycles. The molecular formula is C16H16ClN5. The molecule has 22 heavy (non-hydrogen) atoms. The zero-order valence-electron chi connectivity index (χ0n) is 12.0. The number of aromatic nitrogens is 4. The molecule has 0 amide bonds. The van der Waals surface area contributed by atoms with Gasteiger partial charge >= 0.3 is 0 Å². The van der Waals surface area contributed by atoms with Crippen molar-refractivity contribution in [3.05, 3.63) is 70.5 Å². The molecule has 0 fully saturated rings. The highest BCUT2D eigenvalue weighted by Gasteiger charge is 2.31. The lowest BCUT2D eigenvalue weighted by Crippen LogP contribution is -2.36. The van der Waals surface area contributed by atoms with Gasteiger partial charge in [-0.15, -0.1) is 0 Å². The number of rotatable bonds is 3. The molecule has 3 heterocycles. The highest BCUT2D eigenvalue weighted by molar-refractivity contribution is 6.30. The number of fused-ring (bicyclic) bond motifs is 1.